The van der Waals surface area contributed by atoms with Crippen LogP contribution in [0.2, 0.25) is 0 Å². The molecule has 0 aliphatic heterocycles. The van der Waals surface area contributed by atoms with E-state index < -0.39 is 0 Å². The third kappa shape index (κ3) is 3.93. The first-order chi connectivity index (χ1) is 2.41. The highest BCUT2D eigenvalue weighted by atomic mass is 13.2. The van der Waals surface area contributed by atoms with Crippen LogP contribution in [-0.4, -0.2) is 22.8 Å². The van der Waals surface area contributed by atoms with E-state index in [-0.39, 0.29) is 0 Å². The fourth-order valence-electron chi connectivity index (χ4n) is 0.0786. The van der Waals surface area contributed by atoms with Gasteiger partial charge in [-0.05, 0) is 0 Å². The van der Waals surface area contributed by atoms with Gasteiger partial charge in [0.25, 0.3) is 0 Å². The van der Waals surface area contributed by atoms with Gasteiger partial charge in [0.1, 0.15) is 7.85 Å². The first-order valence-corrected chi connectivity index (χ1v) is 1.41. The van der Waals surface area contributed by atoms with Crippen molar-refractivity contribution < 1.29 is 0 Å². The maximum Gasteiger partial charge on any atom is 0.117 e. The second kappa shape index (κ2) is 3.93. The standard InChI is InChI=1S/C2H3B3/c3-1-2-5-4/h1-3H/b2-1-. The van der Waals surface area contributed by atoms with Crippen LogP contribution < -0.4 is 0 Å². The monoisotopic (exact) mass is 60.1 g/mol. The largest absolute Gasteiger partial charge is 0.146 e. The van der Waals surface area contributed by atoms with Gasteiger partial charge in [0.05, 0.1) is 7.17 Å². The second-order valence-corrected chi connectivity index (χ2v) is 0.621. The van der Waals surface area contributed by atoms with Crippen LogP contribution >= 0.6 is 0 Å². The molecule has 0 aromatic rings. The average Bonchev–Trinajstić information content (AvgIpc) is 1.41. The number of hydrogen-bond donors (Lipinski definition) is 0. The lowest BCUT2D eigenvalue weighted by molar-refractivity contribution is 2.48. The molecule has 0 aliphatic rings. The van der Waals surface area contributed by atoms with Crippen LogP contribution in [0.3, 0.4) is 0 Å². The van der Waals surface area contributed by atoms with Crippen molar-refractivity contribution in [3.8, 4) is 0 Å². The maximum atomic E-state index is 4.89. The molecular formula is C2H3B3. The van der Waals surface area contributed by atoms with Crippen LogP contribution in [0.25, 0.3) is 0 Å². The molecule has 3 heteroatoms. The zero-order chi connectivity index (χ0) is 4.12. The fourth-order valence-corrected chi connectivity index (χ4v) is 0.0786. The van der Waals surface area contributed by atoms with Crippen molar-refractivity contribution >= 4 is 22.8 Å². The minimum Gasteiger partial charge on any atom is -0.146 e. The third-order valence-electron chi connectivity index (χ3n) is 0.247. The van der Waals surface area contributed by atoms with Crippen molar-refractivity contribution in [3.63, 3.8) is 0 Å². The Labute approximate surface area is 35.7 Å². The molecule has 4 radical (unpaired) electrons. The molecule has 0 saturated carbocycles. The fraction of sp³-hybridized carbons (Fsp3) is 0. The van der Waals surface area contributed by atoms with Crippen molar-refractivity contribution in [1.29, 1.82) is 0 Å². The topological polar surface area (TPSA) is 0 Å². The van der Waals surface area contributed by atoms with Gasteiger partial charge in [0.15, 0.2) is 0 Å². The van der Waals surface area contributed by atoms with Crippen LogP contribution in [-0.2, 0) is 0 Å². The molecule has 0 fully saturated rings. The van der Waals surface area contributed by atoms with Crippen molar-refractivity contribution in [2.75, 3.05) is 0 Å². The highest BCUT2D eigenvalue weighted by molar-refractivity contribution is 6.92. The Morgan fingerprint density at radius 3 is 2.40 bits per heavy atom. The molecule has 20 valence electrons. The number of hydrogen-bond acceptors (Lipinski definition) is 0. The van der Waals surface area contributed by atoms with Crippen molar-refractivity contribution in [1.82, 2.24) is 0 Å². The molecule has 0 unspecified atom stereocenters. The lowest BCUT2D eigenvalue weighted by Crippen LogP contribution is -1.77. The minimum absolute atomic E-state index is 1.44. The van der Waals surface area contributed by atoms with E-state index in [2.05, 4.69) is 7.85 Å². The van der Waals surface area contributed by atoms with E-state index in [4.69, 9.17) is 7.74 Å². The van der Waals surface area contributed by atoms with Gasteiger partial charge >= 0.3 is 0 Å². The number of rotatable bonds is 1. The van der Waals surface area contributed by atoms with Crippen LogP contribution in [0.1, 0.15) is 0 Å². The van der Waals surface area contributed by atoms with E-state index in [1.807, 2.05) is 0 Å². The van der Waals surface area contributed by atoms with E-state index in [9.17, 15) is 0 Å². The predicted molar refractivity (Wildman–Crippen MR) is 27.8 cm³/mol. The molecule has 0 spiro atoms. The molecule has 0 atom stereocenters. The van der Waals surface area contributed by atoms with Crippen LogP contribution in [0.5, 0.6) is 0 Å². The molecule has 5 heavy (non-hydrogen) atoms. The summed E-state index contributed by atoms with van der Waals surface area (Å²) in [6, 6.07) is 0. The molecule has 0 amide bonds. The summed E-state index contributed by atoms with van der Waals surface area (Å²) >= 11 is 0. The molecular weight excluding hydrogens is 56.5 g/mol. The normalized spacial score (nSPS) is 8.80. The van der Waals surface area contributed by atoms with Crippen molar-refractivity contribution in [3.05, 3.63) is 12.0 Å². The summed E-state index contributed by atoms with van der Waals surface area (Å²) in [5.74, 6) is 3.29. The van der Waals surface area contributed by atoms with Gasteiger partial charge < -0.3 is 0 Å². The smallest absolute Gasteiger partial charge is 0.117 e. The highest BCUT2D eigenvalue weighted by Gasteiger charge is 1.56. The van der Waals surface area contributed by atoms with Crippen LogP contribution in [0.4, 0.5) is 0 Å². The lowest BCUT2D eigenvalue weighted by Gasteiger charge is -1.62. The molecule has 0 heterocycles. The first-order valence-electron chi connectivity index (χ1n) is 1.41. The zero-order valence-corrected chi connectivity index (χ0v) is 3.02. The first kappa shape index (κ1) is 4.93. The van der Waals surface area contributed by atoms with E-state index in [0.29, 0.717) is 0 Å². The van der Waals surface area contributed by atoms with Gasteiger partial charge in [-0.15, -0.1) is 12.0 Å². The second-order valence-electron chi connectivity index (χ2n) is 0.621. The Morgan fingerprint density at radius 2 is 2.40 bits per heavy atom. The van der Waals surface area contributed by atoms with E-state index >= 15 is 0 Å². The van der Waals surface area contributed by atoms with Crippen LogP contribution in [0.15, 0.2) is 12.0 Å². The Kier molecular flexibility index (Phi) is 3.88. The predicted octanol–water partition coefficient (Wildman–Crippen LogP) is -0.854. The molecule has 0 saturated heterocycles. The van der Waals surface area contributed by atoms with E-state index in [0.717, 1.165) is 0 Å². The minimum atomic E-state index is 1.44. The summed E-state index contributed by atoms with van der Waals surface area (Å²) < 4.78 is 0. The lowest BCUT2D eigenvalue weighted by atomic mass is 9.55. The molecule has 0 aromatic heterocycles. The van der Waals surface area contributed by atoms with Gasteiger partial charge in [0.2, 0.25) is 0 Å². The summed E-state index contributed by atoms with van der Waals surface area (Å²) in [5, 5.41) is 0. The van der Waals surface area contributed by atoms with Gasteiger partial charge in [-0.25, -0.2) is 0 Å². The van der Waals surface area contributed by atoms with Crippen molar-refractivity contribution in [2.45, 2.75) is 0 Å². The third-order valence-corrected chi connectivity index (χ3v) is 0.247. The quantitative estimate of drug-likeness (QED) is 0.345. The Morgan fingerprint density at radius 1 is 1.80 bits per heavy atom. The highest BCUT2D eigenvalue weighted by Crippen LogP contribution is 1.51. The summed E-state index contributed by atoms with van der Waals surface area (Å²) in [6.45, 7) is 0. The Hall–Kier alpha value is -0.0652. The average molecular weight is 59.5 g/mol. The molecule has 0 nitrogen and oxygen atoms in total. The molecule has 0 aromatic carbocycles. The maximum absolute atomic E-state index is 4.89. The molecule has 0 rings (SSSR count). The summed E-state index contributed by atoms with van der Waals surface area (Å²) in [4.78, 5) is 0. The van der Waals surface area contributed by atoms with Gasteiger partial charge in [-0.3, -0.25) is 0 Å². The van der Waals surface area contributed by atoms with Gasteiger partial charge in [-0.2, -0.15) is 0 Å². The summed E-state index contributed by atoms with van der Waals surface area (Å²) in [7, 11) is 9.71. The SMILES string of the molecule is [B][B]/C=C\[BH]. The Bertz CT molecular complexity index is 31.9. The van der Waals surface area contributed by atoms with E-state index in [1.165, 1.54) is 7.17 Å². The molecule has 0 N–H and O–H groups in total. The summed E-state index contributed by atoms with van der Waals surface area (Å²) in [6.07, 6.45) is 0. The van der Waals surface area contributed by atoms with E-state index in [1.54, 1.807) is 12.0 Å². The van der Waals surface area contributed by atoms with Crippen molar-refractivity contribution in [2.24, 2.45) is 0 Å². The Balaban J connectivity index is 2.62. The van der Waals surface area contributed by atoms with Crippen LogP contribution in [0, 0.1) is 0 Å². The van der Waals surface area contributed by atoms with Gasteiger partial charge in [-0.1, -0.05) is 0 Å². The zero-order valence-electron chi connectivity index (χ0n) is 3.02. The molecule has 0 aliphatic carbocycles. The summed E-state index contributed by atoms with van der Waals surface area (Å²) in [5.41, 5.74) is 0. The van der Waals surface area contributed by atoms with Gasteiger partial charge in [0, 0.05) is 7.74 Å². The molecule has 0 bridgehead atoms.